The van der Waals surface area contributed by atoms with Crippen molar-refractivity contribution in [3.05, 3.63) is 35.5 Å². The summed E-state index contributed by atoms with van der Waals surface area (Å²) < 4.78 is 0. The summed E-state index contributed by atoms with van der Waals surface area (Å²) in [5.41, 5.74) is 4.17. The number of rotatable bonds is 1. The van der Waals surface area contributed by atoms with Gasteiger partial charge in [-0.05, 0) is 42.5 Å². The Labute approximate surface area is 112 Å². The molecule has 2 heterocycles. The molecule has 19 heavy (non-hydrogen) atoms. The summed E-state index contributed by atoms with van der Waals surface area (Å²) in [6.07, 6.45) is 5.09. The fraction of sp³-hybridized carbons (Fsp3) is 0.438. The number of hydrogen-bond donors (Lipinski definition) is 2. The third-order valence-electron chi connectivity index (χ3n) is 4.78. The molecule has 2 N–H and O–H groups in total. The smallest absolute Gasteiger partial charge is 0.0625 e. The van der Waals surface area contributed by atoms with E-state index in [4.69, 9.17) is 5.26 Å². The van der Waals surface area contributed by atoms with Crippen LogP contribution in [0, 0.1) is 17.2 Å². The molecule has 3 nitrogen and oxygen atoms in total. The maximum Gasteiger partial charge on any atom is 0.0625 e. The number of nitriles is 1. The molecule has 1 aliphatic carbocycles. The Morgan fingerprint density at radius 1 is 1.37 bits per heavy atom. The lowest BCUT2D eigenvalue weighted by Crippen LogP contribution is -2.46. The maximum atomic E-state index is 8.91. The van der Waals surface area contributed by atoms with Gasteiger partial charge in [0.25, 0.3) is 0 Å². The van der Waals surface area contributed by atoms with Gasteiger partial charge in [0.15, 0.2) is 0 Å². The zero-order valence-electron chi connectivity index (χ0n) is 10.8. The number of nitrogens with one attached hydrogen (secondary N) is 2. The highest BCUT2D eigenvalue weighted by Crippen LogP contribution is 2.42. The average Bonchev–Trinajstić information content (AvgIpc) is 2.85. The van der Waals surface area contributed by atoms with Crippen molar-refractivity contribution < 1.29 is 0 Å². The van der Waals surface area contributed by atoms with Crippen LogP contribution in [0.1, 0.15) is 29.9 Å². The Kier molecular flexibility index (Phi) is 2.39. The first-order chi connectivity index (χ1) is 9.36. The van der Waals surface area contributed by atoms with Crippen molar-refractivity contribution in [2.75, 3.05) is 6.54 Å². The monoisotopic (exact) mass is 251 g/mol. The van der Waals surface area contributed by atoms with Crippen LogP contribution in [0.2, 0.25) is 0 Å². The number of piperidine rings is 1. The second-order valence-corrected chi connectivity index (χ2v) is 5.87. The first kappa shape index (κ1) is 11.1. The van der Waals surface area contributed by atoms with E-state index in [0.29, 0.717) is 24.3 Å². The molecule has 1 aliphatic heterocycles. The molecule has 0 saturated carbocycles. The quantitative estimate of drug-likeness (QED) is 0.818. The Morgan fingerprint density at radius 2 is 2.32 bits per heavy atom. The Bertz CT molecular complexity index is 664. The first-order valence-corrected chi connectivity index (χ1v) is 7.06. The molecule has 0 amide bonds. The molecule has 96 valence electrons. The number of H-pyrrole nitrogens is 1. The van der Waals surface area contributed by atoms with Crippen molar-refractivity contribution in [2.45, 2.75) is 31.2 Å². The first-order valence-electron chi connectivity index (χ1n) is 7.06. The second-order valence-electron chi connectivity index (χ2n) is 5.87. The van der Waals surface area contributed by atoms with Crippen LogP contribution in [0.4, 0.5) is 0 Å². The molecular formula is C16H17N3. The zero-order valence-corrected chi connectivity index (χ0v) is 10.8. The van der Waals surface area contributed by atoms with E-state index in [1.807, 2.05) is 0 Å². The summed E-state index contributed by atoms with van der Waals surface area (Å²) in [6.45, 7) is 0.991. The van der Waals surface area contributed by atoms with Crippen LogP contribution in [0.5, 0.6) is 0 Å². The molecule has 1 aromatic carbocycles. The molecule has 0 radical (unpaired) electrons. The molecule has 3 heteroatoms. The standard InChI is InChI=1S/C16H17N3/c17-5-4-10-6-13-12-2-1-3-14-16(12)11(9-19-14)7-15(13)18-8-10/h1-3,9-10,13,15,18-19H,4,6-8H2/t10-,13-,15-/m1/s1. The van der Waals surface area contributed by atoms with E-state index >= 15 is 0 Å². The predicted molar refractivity (Wildman–Crippen MR) is 74.9 cm³/mol. The summed E-state index contributed by atoms with van der Waals surface area (Å²) in [7, 11) is 0. The Hall–Kier alpha value is -1.79. The van der Waals surface area contributed by atoms with Crippen LogP contribution >= 0.6 is 0 Å². The van der Waals surface area contributed by atoms with E-state index in [1.54, 1.807) is 0 Å². The highest BCUT2D eigenvalue weighted by Gasteiger charge is 2.35. The lowest BCUT2D eigenvalue weighted by atomic mass is 9.73. The number of hydrogen-bond acceptors (Lipinski definition) is 2. The molecule has 2 aliphatic rings. The average molecular weight is 251 g/mol. The van der Waals surface area contributed by atoms with Gasteiger partial charge in [-0.3, -0.25) is 0 Å². The van der Waals surface area contributed by atoms with Crippen LogP contribution in [0.15, 0.2) is 24.4 Å². The van der Waals surface area contributed by atoms with Crippen molar-refractivity contribution >= 4 is 10.9 Å². The van der Waals surface area contributed by atoms with Gasteiger partial charge in [-0.25, -0.2) is 0 Å². The predicted octanol–water partition coefficient (Wildman–Crippen LogP) is 2.70. The molecule has 1 saturated heterocycles. The van der Waals surface area contributed by atoms with E-state index in [9.17, 15) is 0 Å². The van der Waals surface area contributed by atoms with E-state index < -0.39 is 0 Å². The lowest BCUT2D eigenvalue weighted by molar-refractivity contribution is 0.271. The summed E-state index contributed by atoms with van der Waals surface area (Å²) in [5, 5.41) is 14.0. The van der Waals surface area contributed by atoms with Crippen molar-refractivity contribution in [3.8, 4) is 6.07 Å². The van der Waals surface area contributed by atoms with E-state index in [1.165, 1.54) is 22.0 Å². The lowest BCUT2D eigenvalue weighted by Gasteiger charge is -2.39. The van der Waals surface area contributed by atoms with Crippen LogP contribution < -0.4 is 5.32 Å². The minimum atomic E-state index is 0.502. The van der Waals surface area contributed by atoms with Gasteiger partial charge in [-0.15, -0.1) is 0 Å². The molecule has 4 rings (SSSR count). The molecule has 0 unspecified atom stereocenters. The van der Waals surface area contributed by atoms with Gasteiger partial charge < -0.3 is 10.3 Å². The van der Waals surface area contributed by atoms with Crippen LogP contribution in [-0.4, -0.2) is 17.6 Å². The van der Waals surface area contributed by atoms with E-state index in [2.05, 4.69) is 40.8 Å². The normalized spacial score (nSPS) is 28.9. The topological polar surface area (TPSA) is 51.6 Å². The SMILES string of the molecule is N#CC[C@H]1CN[C@@H]2Cc3c[nH]c4cccc(c34)[C@H]2C1. The zero-order chi connectivity index (χ0) is 12.8. The highest BCUT2D eigenvalue weighted by molar-refractivity contribution is 5.88. The summed E-state index contributed by atoms with van der Waals surface area (Å²) in [6, 6.07) is 9.45. The Balaban J connectivity index is 1.79. The molecule has 0 bridgehead atoms. The minimum Gasteiger partial charge on any atom is -0.361 e. The van der Waals surface area contributed by atoms with E-state index in [-0.39, 0.29) is 0 Å². The molecular weight excluding hydrogens is 234 g/mol. The van der Waals surface area contributed by atoms with Gasteiger partial charge in [0.1, 0.15) is 0 Å². The largest absolute Gasteiger partial charge is 0.361 e. The molecule has 2 aromatic rings. The number of benzene rings is 1. The van der Waals surface area contributed by atoms with Gasteiger partial charge in [0, 0.05) is 35.5 Å². The Morgan fingerprint density at radius 3 is 3.21 bits per heavy atom. The van der Waals surface area contributed by atoms with Crippen molar-refractivity contribution in [3.63, 3.8) is 0 Å². The van der Waals surface area contributed by atoms with Crippen molar-refractivity contribution in [1.82, 2.24) is 10.3 Å². The number of aromatic nitrogens is 1. The minimum absolute atomic E-state index is 0.502. The second kappa shape index (κ2) is 4.11. The van der Waals surface area contributed by atoms with Gasteiger partial charge >= 0.3 is 0 Å². The van der Waals surface area contributed by atoms with Crippen molar-refractivity contribution in [1.29, 1.82) is 5.26 Å². The summed E-state index contributed by atoms with van der Waals surface area (Å²) >= 11 is 0. The van der Waals surface area contributed by atoms with Crippen molar-refractivity contribution in [2.24, 2.45) is 5.92 Å². The molecule has 1 aromatic heterocycles. The highest BCUT2D eigenvalue weighted by atomic mass is 14.9. The van der Waals surface area contributed by atoms with Crippen LogP contribution in [0.25, 0.3) is 10.9 Å². The number of aromatic amines is 1. The number of fused-ring (bicyclic) bond motifs is 2. The summed E-state index contributed by atoms with van der Waals surface area (Å²) in [5.74, 6) is 1.07. The van der Waals surface area contributed by atoms with Gasteiger partial charge in [-0.2, -0.15) is 5.26 Å². The van der Waals surface area contributed by atoms with Gasteiger partial charge in [0.2, 0.25) is 0 Å². The molecule has 3 atom stereocenters. The van der Waals surface area contributed by atoms with Crippen LogP contribution in [-0.2, 0) is 6.42 Å². The van der Waals surface area contributed by atoms with Crippen LogP contribution in [0.3, 0.4) is 0 Å². The fourth-order valence-electron chi connectivity index (χ4n) is 3.90. The third-order valence-corrected chi connectivity index (χ3v) is 4.78. The molecule has 1 fully saturated rings. The van der Waals surface area contributed by atoms with Gasteiger partial charge in [-0.1, -0.05) is 12.1 Å². The third kappa shape index (κ3) is 1.60. The fourth-order valence-corrected chi connectivity index (χ4v) is 3.90. The maximum absolute atomic E-state index is 8.91. The van der Waals surface area contributed by atoms with E-state index in [0.717, 1.165) is 19.4 Å². The summed E-state index contributed by atoms with van der Waals surface area (Å²) in [4.78, 5) is 3.39. The number of nitrogens with zero attached hydrogens (tertiary/aromatic N) is 1. The van der Waals surface area contributed by atoms with Gasteiger partial charge in [0.05, 0.1) is 6.07 Å². The molecule has 0 spiro atoms.